The fourth-order valence-electron chi connectivity index (χ4n) is 3.88. The molecule has 1 aromatic carbocycles. The molecular weight excluding hydrogens is 440 g/mol. The van der Waals surface area contributed by atoms with Gasteiger partial charge in [0.2, 0.25) is 6.35 Å². The lowest BCUT2D eigenvalue weighted by molar-refractivity contribution is -0.163. The summed E-state index contributed by atoms with van der Waals surface area (Å²) in [4.78, 5) is 20.7. The van der Waals surface area contributed by atoms with Crippen molar-refractivity contribution in [2.24, 2.45) is 0 Å². The van der Waals surface area contributed by atoms with E-state index in [1.54, 1.807) is 28.6 Å². The first-order valence-electron chi connectivity index (χ1n) is 10.4. The number of halogens is 1. The summed E-state index contributed by atoms with van der Waals surface area (Å²) in [5.41, 5.74) is 1.37. The maximum Gasteiger partial charge on any atom is 0.277 e. The molecule has 2 atom stereocenters. The normalized spacial score (nSPS) is 21.5. The minimum Gasteiger partial charge on any atom is -0.356 e. The summed E-state index contributed by atoms with van der Waals surface area (Å²) < 4.78 is 13.1. The summed E-state index contributed by atoms with van der Waals surface area (Å²) in [7, 11) is 1.71. The van der Waals surface area contributed by atoms with E-state index in [4.69, 9.17) is 21.1 Å². The summed E-state index contributed by atoms with van der Waals surface area (Å²) in [5, 5.41) is 11.8. The fraction of sp³-hybridized carbons (Fsp3) is 0.524. The van der Waals surface area contributed by atoms with Crippen LogP contribution >= 0.6 is 24.2 Å². The Morgan fingerprint density at radius 3 is 2.81 bits per heavy atom. The zero-order chi connectivity index (χ0) is 22.0. The van der Waals surface area contributed by atoms with Crippen LogP contribution in [-0.4, -0.2) is 64.9 Å². The predicted molar refractivity (Wildman–Crippen MR) is 120 cm³/mol. The van der Waals surface area contributed by atoms with E-state index in [0.29, 0.717) is 47.8 Å². The summed E-state index contributed by atoms with van der Waals surface area (Å²) in [6.45, 7) is 1.96. The number of fused-ring (bicyclic) bond motifs is 1. The second-order valence-electron chi connectivity index (χ2n) is 7.77. The Morgan fingerprint density at radius 1 is 1.32 bits per heavy atom. The standard InChI is InChI=1S/C21H27ClN4O4S/c1-24-18-17(26(20(31)23-18)13-14-6-8-15(22)9-7-14)19(27)25(21(24)28)10-4-12-30-16-5-2-3-11-29-16/h6-9,16,21,28H,2-5,10-13H2,1H3,(H,23,31). The smallest absolute Gasteiger partial charge is 0.277 e. The molecule has 1 saturated heterocycles. The summed E-state index contributed by atoms with van der Waals surface area (Å²) in [6.07, 6.45) is 2.39. The molecule has 168 valence electrons. The van der Waals surface area contributed by atoms with Gasteiger partial charge in [-0.05, 0) is 43.4 Å². The Bertz CT molecular complexity index is 917. The molecule has 0 aliphatic carbocycles. The van der Waals surface area contributed by atoms with Crippen LogP contribution in [0.3, 0.4) is 0 Å². The molecule has 1 aromatic heterocycles. The van der Waals surface area contributed by atoms with Crippen molar-refractivity contribution >= 4 is 36.0 Å². The highest BCUT2D eigenvalue weighted by molar-refractivity contribution is 7.80. The van der Waals surface area contributed by atoms with Gasteiger partial charge >= 0.3 is 0 Å². The monoisotopic (exact) mass is 466 g/mol. The van der Waals surface area contributed by atoms with Crippen LogP contribution in [0.25, 0.3) is 0 Å². The number of thiol groups is 1. The number of hydrogen-bond donors (Lipinski definition) is 2. The number of carbonyl (C=O) groups excluding carboxylic acids is 1. The third-order valence-corrected chi connectivity index (χ3v) is 6.18. The maximum atomic E-state index is 13.3. The van der Waals surface area contributed by atoms with E-state index in [-0.39, 0.29) is 12.2 Å². The number of ether oxygens (including phenoxy) is 2. The molecule has 2 aromatic rings. The highest BCUT2D eigenvalue weighted by atomic mass is 35.5. The van der Waals surface area contributed by atoms with Crippen molar-refractivity contribution in [3.05, 3.63) is 40.5 Å². The number of imidazole rings is 1. The lowest BCUT2D eigenvalue weighted by Gasteiger charge is -2.38. The number of aliphatic hydroxyl groups excluding tert-OH is 1. The van der Waals surface area contributed by atoms with Gasteiger partial charge in [-0.15, -0.1) is 12.6 Å². The molecule has 1 N–H and O–H groups in total. The molecule has 10 heteroatoms. The first kappa shape index (κ1) is 22.4. The average Bonchev–Trinajstić information content (AvgIpc) is 3.10. The third kappa shape index (κ3) is 4.85. The van der Waals surface area contributed by atoms with Gasteiger partial charge in [0.25, 0.3) is 5.91 Å². The number of anilines is 1. The number of aliphatic hydroxyl groups is 1. The minimum atomic E-state index is -1.10. The highest BCUT2D eigenvalue weighted by Gasteiger charge is 2.39. The Balaban J connectivity index is 1.46. The number of benzene rings is 1. The molecule has 1 fully saturated rings. The molecule has 0 saturated carbocycles. The number of hydrogen-bond acceptors (Lipinski definition) is 7. The van der Waals surface area contributed by atoms with Gasteiger partial charge in [-0.3, -0.25) is 9.69 Å². The number of nitrogens with zero attached hydrogens (tertiary/aromatic N) is 4. The molecule has 0 spiro atoms. The first-order valence-corrected chi connectivity index (χ1v) is 11.3. The number of rotatable bonds is 7. The van der Waals surface area contributed by atoms with Gasteiger partial charge in [0.05, 0.1) is 13.2 Å². The Kier molecular flexibility index (Phi) is 7.08. The summed E-state index contributed by atoms with van der Waals surface area (Å²) in [5.74, 6) is 0.135. The van der Waals surface area contributed by atoms with Crippen molar-refractivity contribution in [2.45, 2.75) is 50.0 Å². The molecule has 2 unspecified atom stereocenters. The second-order valence-corrected chi connectivity index (χ2v) is 8.61. The molecule has 4 rings (SSSR count). The second kappa shape index (κ2) is 9.79. The number of aromatic nitrogens is 2. The van der Waals surface area contributed by atoms with E-state index in [9.17, 15) is 9.90 Å². The largest absolute Gasteiger partial charge is 0.356 e. The van der Waals surface area contributed by atoms with Crippen LogP contribution in [0.1, 0.15) is 41.7 Å². The van der Waals surface area contributed by atoms with Crippen LogP contribution in [-0.2, 0) is 16.0 Å². The van der Waals surface area contributed by atoms with Crippen molar-refractivity contribution in [3.63, 3.8) is 0 Å². The molecule has 3 heterocycles. The zero-order valence-electron chi connectivity index (χ0n) is 17.4. The molecule has 31 heavy (non-hydrogen) atoms. The Hall–Kier alpha value is -1.78. The SMILES string of the molecule is CN1c2nc(S)n(Cc3ccc(Cl)cc3)c2C(=O)N(CCCOC2CCCCO2)C1O. The van der Waals surface area contributed by atoms with Gasteiger partial charge in [-0.1, -0.05) is 23.7 Å². The van der Waals surface area contributed by atoms with E-state index >= 15 is 0 Å². The highest BCUT2D eigenvalue weighted by Crippen LogP contribution is 2.31. The molecule has 2 aliphatic heterocycles. The van der Waals surface area contributed by atoms with Crippen molar-refractivity contribution in [3.8, 4) is 0 Å². The Morgan fingerprint density at radius 2 is 2.10 bits per heavy atom. The molecular formula is C21H27ClN4O4S. The zero-order valence-corrected chi connectivity index (χ0v) is 19.1. The summed E-state index contributed by atoms with van der Waals surface area (Å²) in [6, 6.07) is 7.41. The van der Waals surface area contributed by atoms with Gasteiger partial charge < -0.3 is 24.0 Å². The van der Waals surface area contributed by atoms with E-state index in [0.717, 1.165) is 31.4 Å². The van der Waals surface area contributed by atoms with E-state index in [1.165, 1.54) is 4.90 Å². The fourth-order valence-corrected chi connectivity index (χ4v) is 4.27. The van der Waals surface area contributed by atoms with Crippen molar-refractivity contribution in [2.75, 3.05) is 31.7 Å². The van der Waals surface area contributed by atoms with Gasteiger partial charge in [0.15, 0.2) is 23.0 Å². The molecule has 2 aliphatic rings. The van der Waals surface area contributed by atoms with E-state index in [2.05, 4.69) is 17.6 Å². The van der Waals surface area contributed by atoms with Gasteiger partial charge in [0.1, 0.15) is 0 Å². The summed E-state index contributed by atoms with van der Waals surface area (Å²) >= 11 is 10.5. The predicted octanol–water partition coefficient (Wildman–Crippen LogP) is 2.97. The van der Waals surface area contributed by atoms with E-state index < -0.39 is 6.35 Å². The van der Waals surface area contributed by atoms with Crippen LogP contribution in [0.4, 0.5) is 5.82 Å². The quantitative estimate of drug-likeness (QED) is 0.482. The van der Waals surface area contributed by atoms with Crippen LogP contribution in [0.2, 0.25) is 5.02 Å². The van der Waals surface area contributed by atoms with Crippen molar-refractivity contribution in [1.29, 1.82) is 0 Å². The van der Waals surface area contributed by atoms with Gasteiger partial charge in [-0.2, -0.15) is 0 Å². The first-order chi connectivity index (χ1) is 15.0. The topological polar surface area (TPSA) is 80.1 Å². The minimum absolute atomic E-state index is 0.169. The van der Waals surface area contributed by atoms with Gasteiger partial charge in [-0.25, -0.2) is 4.98 Å². The van der Waals surface area contributed by atoms with E-state index in [1.807, 2.05) is 12.1 Å². The van der Waals surface area contributed by atoms with Crippen LogP contribution in [0.15, 0.2) is 29.4 Å². The lowest BCUT2D eigenvalue weighted by atomic mass is 10.2. The maximum absolute atomic E-state index is 13.3. The van der Waals surface area contributed by atoms with Crippen LogP contribution in [0.5, 0.6) is 0 Å². The molecule has 0 bridgehead atoms. The lowest BCUT2D eigenvalue weighted by Crippen LogP contribution is -2.54. The molecule has 0 radical (unpaired) electrons. The van der Waals surface area contributed by atoms with Crippen molar-refractivity contribution < 1.29 is 19.4 Å². The van der Waals surface area contributed by atoms with Crippen LogP contribution < -0.4 is 4.90 Å². The van der Waals surface area contributed by atoms with Gasteiger partial charge in [0, 0.05) is 25.2 Å². The number of carbonyl (C=O) groups is 1. The average molecular weight is 467 g/mol. The Labute approximate surface area is 192 Å². The molecule has 8 nitrogen and oxygen atoms in total. The third-order valence-electron chi connectivity index (χ3n) is 5.59. The van der Waals surface area contributed by atoms with Crippen molar-refractivity contribution in [1.82, 2.24) is 14.5 Å². The molecule has 1 amide bonds. The number of amides is 1. The van der Waals surface area contributed by atoms with Crippen LogP contribution in [0, 0.1) is 0 Å².